The number of carbonyl (C=O) groups excluding carboxylic acids is 1. The van der Waals surface area contributed by atoms with E-state index in [0.717, 1.165) is 33.1 Å². The van der Waals surface area contributed by atoms with Gasteiger partial charge in [0.15, 0.2) is 0 Å². The minimum absolute atomic E-state index is 0.0376. The first kappa shape index (κ1) is 21.0. The highest BCUT2D eigenvalue weighted by atomic mass is 16.6. The molecule has 34 heavy (non-hydrogen) atoms. The Labute approximate surface area is 201 Å². The molecule has 0 aliphatic carbocycles. The molecule has 0 radical (unpaired) electrons. The van der Waals surface area contributed by atoms with Gasteiger partial charge in [0.05, 0.1) is 5.69 Å². The lowest BCUT2D eigenvalue weighted by Crippen LogP contribution is -2.60. The van der Waals surface area contributed by atoms with Crippen molar-refractivity contribution in [2.24, 2.45) is 0 Å². The van der Waals surface area contributed by atoms with Crippen molar-refractivity contribution in [3.63, 3.8) is 0 Å². The Morgan fingerprint density at radius 2 is 1.56 bits per heavy atom. The molecule has 168 valence electrons. The van der Waals surface area contributed by atoms with Crippen LogP contribution >= 0.6 is 0 Å². The minimum atomic E-state index is -0.337. The third-order valence-corrected chi connectivity index (χ3v) is 7.40. The van der Waals surface area contributed by atoms with Crippen LogP contribution in [-0.4, -0.2) is 12.8 Å². The Hall–Kier alpha value is -3.53. The fourth-order valence-corrected chi connectivity index (χ4v) is 5.92. The van der Waals surface area contributed by atoms with Crippen molar-refractivity contribution in [1.82, 2.24) is 0 Å². The second kappa shape index (κ2) is 6.99. The first-order chi connectivity index (χ1) is 16.1. The monoisotopic (exact) mass is 445 g/mol. The fraction of sp³-hybridized carbons (Fsp3) is 0.233. The van der Waals surface area contributed by atoms with Gasteiger partial charge in [0.1, 0.15) is 5.75 Å². The van der Waals surface area contributed by atoms with Crippen LogP contribution in [-0.2, 0) is 5.41 Å². The molecule has 0 saturated carbocycles. The lowest BCUT2D eigenvalue weighted by molar-refractivity contribution is 0.210. The second-order valence-electron chi connectivity index (χ2n) is 10.8. The van der Waals surface area contributed by atoms with E-state index >= 15 is 0 Å². The third-order valence-electron chi connectivity index (χ3n) is 7.40. The molecule has 2 aliphatic heterocycles. The molecule has 1 amide bonds. The van der Waals surface area contributed by atoms with Gasteiger partial charge < -0.3 is 4.74 Å². The number of benzene rings is 4. The molecule has 0 spiro atoms. The number of ether oxygens (including phenoxy) is 1. The summed E-state index contributed by atoms with van der Waals surface area (Å²) in [5.41, 5.74) is 10.5. The molecular weight excluding hydrogens is 417 g/mol. The molecule has 6 rings (SSSR count). The van der Waals surface area contributed by atoms with E-state index in [9.17, 15) is 4.79 Å². The first-order valence-electron chi connectivity index (χ1n) is 11.9. The Bertz CT molecular complexity index is 1510. The first-order valence-corrected chi connectivity index (χ1v) is 11.9. The molecule has 4 aromatic carbocycles. The van der Waals surface area contributed by atoms with Crippen molar-refractivity contribution < 1.29 is 9.53 Å². The summed E-state index contributed by atoms with van der Waals surface area (Å²) in [7, 11) is 0. The van der Waals surface area contributed by atoms with Gasteiger partial charge in [-0.15, -0.1) is 0 Å². The number of anilines is 2. The van der Waals surface area contributed by atoms with Gasteiger partial charge in [-0.3, -0.25) is 0 Å². The predicted octanol–water partition coefficient (Wildman–Crippen LogP) is 5.54. The lowest BCUT2D eigenvalue weighted by atomic mass is 9.33. The zero-order valence-corrected chi connectivity index (χ0v) is 20.6. The normalized spacial score (nSPS) is 14.4. The van der Waals surface area contributed by atoms with Crippen molar-refractivity contribution in [2.75, 3.05) is 4.90 Å². The highest BCUT2D eigenvalue weighted by molar-refractivity contribution is 6.98. The molecule has 0 aromatic heterocycles. The third kappa shape index (κ3) is 2.87. The van der Waals surface area contributed by atoms with E-state index in [2.05, 4.69) is 90.1 Å². The van der Waals surface area contributed by atoms with Crippen molar-refractivity contribution in [2.45, 2.75) is 47.0 Å². The van der Waals surface area contributed by atoms with Crippen LogP contribution in [0.3, 0.4) is 0 Å². The van der Waals surface area contributed by atoms with Crippen molar-refractivity contribution in [3.8, 4) is 5.75 Å². The number of amides is 1. The predicted molar refractivity (Wildman–Crippen MR) is 143 cm³/mol. The van der Waals surface area contributed by atoms with Gasteiger partial charge in [-0.1, -0.05) is 91.5 Å². The van der Waals surface area contributed by atoms with Gasteiger partial charge in [-0.05, 0) is 60.2 Å². The van der Waals surface area contributed by atoms with E-state index in [1.165, 1.54) is 27.7 Å². The summed E-state index contributed by atoms with van der Waals surface area (Å²) < 4.78 is 5.87. The number of fused-ring (bicyclic) bond motifs is 2. The molecule has 4 aromatic rings. The van der Waals surface area contributed by atoms with Crippen LogP contribution in [0, 0.1) is 20.8 Å². The van der Waals surface area contributed by atoms with Crippen LogP contribution in [0.1, 0.15) is 43.0 Å². The number of nitrogens with zero attached hydrogens (tertiary/aromatic N) is 1. The quantitative estimate of drug-likeness (QED) is 0.360. The summed E-state index contributed by atoms with van der Waals surface area (Å²) >= 11 is 0. The maximum absolute atomic E-state index is 13.5. The van der Waals surface area contributed by atoms with Crippen LogP contribution in [0.4, 0.5) is 16.2 Å². The fourth-order valence-electron chi connectivity index (χ4n) is 5.92. The molecule has 0 fully saturated rings. The summed E-state index contributed by atoms with van der Waals surface area (Å²) in [6.45, 7) is 13.2. The van der Waals surface area contributed by atoms with Gasteiger partial charge in [0.25, 0.3) is 0 Å². The topological polar surface area (TPSA) is 29.5 Å². The Morgan fingerprint density at radius 3 is 2.26 bits per heavy atom. The highest BCUT2D eigenvalue weighted by Crippen LogP contribution is 2.43. The Balaban J connectivity index is 1.76. The molecule has 0 bridgehead atoms. The van der Waals surface area contributed by atoms with E-state index < -0.39 is 0 Å². The molecule has 0 N–H and O–H groups in total. The summed E-state index contributed by atoms with van der Waals surface area (Å²) in [6, 6.07) is 21.5. The number of carbonyl (C=O) groups is 1. The Kier molecular flexibility index (Phi) is 4.32. The van der Waals surface area contributed by atoms with Crippen LogP contribution in [0.5, 0.6) is 5.75 Å². The summed E-state index contributed by atoms with van der Waals surface area (Å²) in [5, 5.41) is 2.10. The van der Waals surface area contributed by atoms with Crippen molar-refractivity contribution in [3.05, 3.63) is 82.9 Å². The van der Waals surface area contributed by atoms with Crippen molar-refractivity contribution in [1.29, 1.82) is 0 Å². The van der Waals surface area contributed by atoms with E-state index in [1.54, 1.807) is 0 Å². The van der Waals surface area contributed by atoms with E-state index in [1.807, 2.05) is 17.0 Å². The number of rotatable bonds is 1. The molecule has 0 unspecified atom stereocenters. The number of hydrogen-bond donors (Lipinski definition) is 0. The van der Waals surface area contributed by atoms with Crippen LogP contribution < -0.4 is 26.0 Å². The standard InChI is InChI=1S/C30H28BNO2/c1-17-14-18(2)27(19(3)15-17)31-22-13-11-21(30(4,5)6)16-24(22)32-28-23(31)12-10-20-8-7-9-25(26(20)28)34-29(32)33/h7-16H,1-6H3. The molecule has 3 nitrogen and oxygen atoms in total. The van der Waals surface area contributed by atoms with Gasteiger partial charge in [0, 0.05) is 11.1 Å². The average Bonchev–Trinajstić information content (AvgIpc) is 2.76. The minimum Gasteiger partial charge on any atom is -0.409 e. The van der Waals surface area contributed by atoms with Crippen LogP contribution in [0.15, 0.2) is 60.7 Å². The summed E-state index contributed by atoms with van der Waals surface area (Å²) in [6.07, 6.45) is -0.337. The lowest BCUT2D eigenvalue weighted by Gasteiger charge is -2.39. The smallest absolute Gasteiger partial charge is 0.409 e. The molecular formula is C30H28BNO2. The molecule has 0 saturated heterocycles. The Morgan fingerprint density at radius 1 is 0.853 bits per heavy atom. The van der Waals surface area contributed by atoms with Gasteiger partial charge >= 0.3 is 6.09 Å². The van der Waals surface area contributed by atoms with E-state index in [0.29, 0.717) is 5.75 Å². The zero-order chi connectivity index (χ0) is 23.9. The van der Waals surface area contributed by atoms with Crippen LogP contribution in [0.25, 0.3) is 10.8 Å². The average molecular weight is 445 g/mol. The maximum Gasteiger partial charge on any atom is 0.424 e. The van der Waals surface area contributed by atoms with Crippen molar-refractivity contribution >= 4 is 51.3 Å². The van der Waals surface area contributed by atoms with Gasteiger partial charge in [-0.25, -0.2) is 9.69 Å². The largest absolute Gasteiger partial charge is 0.424 e. The van der Waals surface area contributed by atoms with Gasteiger partial charge in [-0.2, -0.15) is 0 Å². The second-order valence-corrected chi connectivity index (χ2v) is 10.8. The number of hydrogen-bond acceptors (Lipinski definition) is 2. The maximum atomic E-state index is 13.5. The molecule has 0 atom stereocenters. The zero-order valence-electron chi connectivity index (χ0n) is 20.6. The SMILES string of the molecule is Cc1cc(C)c(B2c3ccc(C(C)(C)C)cc3N3C(=O)Oc4cccc5ccc2c3c45)c(C)c1. The molecule has 2 heterocycles. The number of aryl methyl sites for hydroxylation is 3. The van der Waals surface area contributed by atoms with E-state index in [-0.39, 0.29) is 18.2 Å². The van der Waals surface area contributed by atoms with Crippen LogP contribution in [0.2, 0.25) is 0 Å². The van der Waals surface area contributed by atoms with Gasteiger partial charge in [0.2, 0.25) is 6.71 Å². The molecule has 4 heteroatoms. The highest BCUT2D eigenvalue weighted by Gasteiger charge is 2.42. The molecule has 2 aliphatic rings. The summed E-state index contributed by atoms with van der Waals surface area (Å²) in [5.74, 6) is 0.641. The van der Waals surface area contributed by atoms with E-state index in [4.69, 9.17) is 4.74 Å². The summed E-state index contributed by atoms with van der Waals surface area (Å²) in [4.78, 5) is 15.3.